The molecule has 144 valence electrons. The quantitative estimate of drug-likeness (QED) is 0.862. The molecule has 6 nitrogen and oxygen atoms in total. The Hall–Kier alpha value is -2.84. The molecule has 2 aromatic rings. The van der Waals surface area contributed by atoms with Crippen LogP contribution in [0.5, 0.6) is 5.75 Å². The molecule has 1 aliphatic heterocycles. The van der Waals surface area contributed by atoms with E-state index in [0.29, 0.717) is 31.9 Å². The SMILES string of the molecule is O=C(Nc1ccccc1OCC(F)(F)F)C1CCN(c2ncccn2)CC1. The molecule has 27 heavy (non-hydrogen) atoms. The number of amides is 1. The molecule has 2 heterocycles. The number of ether oxygens (including phenoxy) is 1. The van der Waals surface area contributed by atoms with Gasteiger partial charge in [0.05, 0.1) is 5.69 Å². The van der Waals surface area contributed by atoms with Crippen molar-refractivity contribution < 1.29 is 22.7 Å². The van der Waals surface area contributed by atoms with E-state index in [2.05, 4.69) is 15.3 Å². The molecule has 0 saturated carbocycles. The van der Waals surface area contributed by atoms with E-state index in [-0.39, 0.29) is 23.3 Å². The minimum absolute atomic E-state index is 0.00158. The van der Waals surface area contributed by atoms with Crippen LogP contribution in [0.3, 0.4) is 0 Å². The van der Waals surface area contributed by atoms with Crippen LogP contribution in [0.25, 0.3) is 0 Å². The first-order valence-corrected chi connectivity index (χ1v) is 8.54. The molecule has 1 N–H and O–H groups in total. The van der Waals surface area contributed by atoms with E-state index < -0.39 is 12.8 Å². The predicted molar refractivity (Wildman–Crippen MR) is 93.6 cm³/mol. The van der Waals surface area contributed by atoms with Gasteiger partial charge in [0.15, 0.2) is 6.61 Å². The van der Waals surface area contributed by atoms with Gasteiger partial charge in [0.25, 0.3) is 0 Å². The lowest BCUT2D eigenvalue weighted by molar-refractivity contribution is -0.153. The van der Waals surface area contributed by atoms with Crippen LogP contribution in [-0.2, 0) is 4.79 Å². The summed E-state index contributed by atoms with van der Waals surface area (Å²) in [6.07, 6.45) is 0.104. The number of aromatic nitrogens is 2. The Morgan fingerprint density at radius 2 is 1.81 bits per heavy atom. The molecule has 9 heteroatoms. The Balaban J connectivity index is 1.57. The largest absolute Gasteiger partial charge is 0.482 e. The maximum atomic E-state index is 12.5. The Morgan fingerprint density at radius 3 is 2.48 bits per heavy atom. The minimum Gasteiger partial charge on any atom is -0.482 e. The van der Waals surface area contributed by atoms with Gasteiger partial charge in [-0.2, -0.15) is 13.2 Å². The number of hydrogen-bond donors (Lipinski definition) is 1. The number of carbonyl (C=O) groups is 1. The highest BCUT2D eigenvalue weighted by Crippen LogP contribution is 2.28. The van der Waals surface area contributed by atoms with Crippen LogP contribution in [-0.4, -0.2) is 41.7 Å². The van der Waals surface area contributed by atoms with Gasteiger partial charge in [-0.15, -0.1) is 0 Å². The summed E-state index contributed by atoms with van der Waals surface area (Å²) in [5.74, 6) is 0.160. The van der Waals surface area contributed by atoms with Crippen molar-refractivity contribution in [2.75, 3.05) is 29.9 Å². The minimum atomic E-state index is -4.44. The highest BCUT2D eigenvalue weighted by molar-refractivity contribution is 5.94. The fourth-order valence-corrected chi connectivity index (χ4v) is 2.89. The van der Waals surface area contributed by atoms with Gasteiger partial charge in [-0.1, -0.05) is 12.1 Å². The van der Waals surface area contributed by atoms with E-state index in [1.165, 1.54) is 12.1 Å². The summed E-state index contributed by atoms with van der Waals surface area (Å²) in [7, 11) is 0. The van der Waals surface area contributed by atoms with Crippen LogP contribution in [0.2, 0.25) is 0 Å². The second-order valence-corrected chi connectivity index (χ2v) is 6.20. The predicted octanol–water partition coefficient (Wildman–Crippen LogP) is 3.27. The summed E-state index contributed by atoms with van der Waals surface area (Å²) in [4.78, 5) is 22.9. The Morgan fingerprint density at radius 1 is 1.15 bits per heavy atom. The summed E-state index contributed by atoms with van der Waals surface area (Å²) in [6.45, 7) is -0.141. The summed E-state index contributed by atoms with van der Waals surface area (Å²) in [5, 5.41) is 2.69. The number of halogens is 3. The highest BCUT2D eigenvalue weighted by atomic mass is 19.4. The molecule has 0 atom stereocenters. The van der Waals surface area contributed by atoms with Gasteiger partial charge in [-0.3, -0.25) is 4.79 Å². The van der Waals surface area contributed by atoms with Crippen molar-refractivity contribution in [2.45, 2.75) is 19.0 Å². The number of piperidine rings is 1. The molecule has 1 fully saturated rings. The second-order valence-electron chi connectivity index (χ2n) is 6.20. The maximum Gasteiger partial charge on any atom is 0.422 e. The van der Waals surface area contributed by atoms with Gasteiger partial charge in [-0.25, -0.2) is 9.97 Å². The van der Waals surface area contributed by atoms with Crippen molar-refractivity contribution in [2.24, 2.45) is 5.92 Å². The van der Waals surface area contributed by atoms with E-state index in [1.54, 1.807) is 30.6 Å². The molecule has 0 unspecified atom stereocenters. The van der Waals surface area contributed by atoms with E-state index in [1.807, 2.05) is 4.90 Å². The molecule has 1 amide bonds. The lowest BCUT2D eigenvalue weighted by Crippen LogP contribution is -2.39. The fraction of sp³-hybridized carbons (Fsp3) is 0.389. The Bertz CT molecular complexity index is 763. The number of nitrogens with zero attached hydrogens (tertiary/aromatic N) is 3. The number of rotatable bonds is 5. The number of para-hydroxylation sites is 2. The van der Waals surface area contributed by atoms with Gasteiger partial charge in [0, 0.05) is 31.4 Å². The first-order valence-electron chi connectivity index (χ1n) is 8.54. The highest BCUT2D eigenvalue weighted by Gasteiger charge is 2.30. The molecule has 0 spiro atoms. The normalized spacial score (nSPS) is 15.4. The molecule has 0 aliphatic carbocycles. The molecule has 1 aromatic heterocycles. The van der Waals surface area contributed by atoms with Gasteiger partial charge in [-0.05, 0) is 31.0 Å². The van der Waals surface area contributed by atoms with Crippen LogP contribution in [0.1, 0.15) is 12.8 Å². The number of benzene rings is 1. The zero-order valence-corrected chi connectivity index (χ0v) is 14.4. The molecule has 3 rings (SSSR count). The molecule has 0 bridgehead atoms. The van der Waals surface area contributed by atoms with Crippen molar-refractivity contribution in [3.63, 3.8) is 0 Å². The molecule has 0 radical (unpaired) electrons. The van der Waals surface area contributed by atoms with Crippen molar-refractivity contribution in [1.82, 2.24) is 9.97 Å². The van der Waals surface area contributed by atoms with Crippen molar-refractivity contribution >= 4 is 17.5 Å². The standard InChI is InChI=1S/C18H19F3N4O2/c19-18(20,21)12-27-15-5-2-1-4-14(15)24-16(26)13-6-10-25(11-7-13)17-22-8-3-9-23-17/h1-5,8-9,13H,6-7,10-12H2,(H,24,26). The molecule has 1 aromatic carbocycles. The Labute approximate surface area is 154 Å². The van der Waals surface area contributed by atoms with Gasteiger partial charge in [0.1, 0.15) is 5.75 Å². The second kappa shape index (κ2) is 8.24. The third-order valence-corrected chi connectivity index (χ3v) is 4.24. The van der Waals surface area contributed by atoms with Crippen LogP contribution >= 0.6 is 0 Å². The first-order chi connectivity index (χ1) is 12.9. The van der Waals surface area contributed by atoms with E-state index >= 15 is 0 Å². The Kier molecular flexibility index (Phi) is 5.78. The van der Waals surface area contributed by atoms with Crippen LogP contribution in [0, 0.1) is 5.92 Å². The average Bonchev–Trinajstić information content (AvgIpc) is 2.67. The monoisotopic (exact) mass is 380 g/mol. The lowest BCUT2D eigenvalue weighted by atomic mass is 9.96. The number of hydrogen-bond acceptors (Lipinski definition) is 5. The van der Waals surface area contributed by atoms with Crippen LogP contribution in [0.4, 0.5) is 24.8 Å². The van der Waals surface area contributed by atoms with Crippen molar-refractivity contribution in [3.05, 3.63) is 42.7 Å². The maximum absolute atomic E-state index is 12.5. The lowest BCUT2D eigenvalue weighted by Gasteiger charge is -2.31. The summed E-state index contributed by atoms with van der Waals surface area (Å²) >= 11 is 0. The van der Waals surface area contributed by atoms with Gasteiger partial charge < -0.3 is 15.0 Å². The summed E-state index contributed by atoms with van der Waals surface area (Å²) < 4.78 is 41.9. The fourth-order valence-electron chi connectivity index (χ4n) is 2.89. The topological polar surface area (TPSA) is 67.3 Å². The van der Waals surface area contributed by atoms with Gasteiger partial charge >= 0.3 is 6.18 Å². The van der Waals surface area contributed by atoms with Crippen LogP contribution < -0.4 is 15.0 Å². The third kappa shape index (κ3) is 5.32. The third-order valence-electron chi connectivity index (χ3n) is 4.24. The molecular formula is C18H19F3N4O2. The molecular weight excluding hydrogens is 361 g/mol. The van der Waals surface area contributed by atoms with E-state index in [4.69, 9.17) is 4.74 Å². The van der Waals surface area contributed by atoms with Crippen LogP contribution in [0.15, 0.2) is 42.7 Å². The summed E-state index contributed by atoms with van der Waals surface area (Å²) in [6, 6.07) is 7.85. The number of alkyl halides is 3. The van der Waals surface area contributed by atoms with Crippen molar-refractivity contribution in [3.8, 4) is 5.75 Å². The number of nitrogens with one attached hydrogen (secondary N) is 1. The summed E-state index contributed by atoms with van der Waals surface area (Å²) in [5.41, 5.74) is 0.237. The first kappa shape index (κ1) is 18.9. The average molecular weight is 380 g/mol. The molecule has 1 saturated heterocycles. The van der Waals surface area contributed by atoms with E-state index in [9.17, 15) is 18.0 Å². The van der Waals surface area contributed by atoms with Crippen molar-refractivity contribution in [1.29, 1.82) is 0 Å². The van der Waals surface area contributed by atoms with Gasteiger partial charge in [0.2, 0.25) is 11.9 Å². The zero-order chi connectivity index (χ0) is 19.3. The number of anilines is 2. The van der Waals surface area contributed by atoms with E-state index in [0.717, 1.165) is 0 Å². The zero-order valence-electron chi connectivity index (χ0n) is 14.4. The number of carbonyl (C=O) groups excluding carboxylic acids is 1. The molecule has 1 aliphatic rings. The smallest absolute Gasteiger partial charge is 0.422 e.